The molecule has 0 aliphatic carbocycles. The summed E-state index contributed by atoms with van der Waals surface area (Å²) in [5.74, 6) is 0. The zero-order valence-corrected chi connectivity index (χ0v) is 5.88. The summed E-state index contributed by atoms with van der Waals surface area (Å²) < 4.78 is 34.3. The van der Waals surface area contributed by atoms with E-state index in [1.165, 1.54) is 12.1 Å². The van der Waals surface area contributed by atoms with Crippen molar-refractivity contribution in [2.24, 2.45) is 0 Å². The van der Waals surface area contributed by atoms with Gasteiger partial charge in [0.05, 0.1) is 5.69 Å². The molecule has 12 heavy (non-hydrogen) atoms. The molecular formula is C7H5F3NO. The third-order valence-electron chi connectivity index (χ3n) is 1.01. The lowest BCUT2D eigenvalue weighted by atomic mass is 10.3. The van der Waals surface area contributed by atoms with E-state index in [-0.39, 0.29) is 5.69 Å². The Bertz CT molecular complexity index is 234. The predicted octanol–water partition coefficient (Wildman–Crippen LogP) is 2.37. The zero-order chi connectivity index (χ0) is 9.03. The van der Waals surface area contributed by atoms with Gasteiger partial charge in [0.1, 0.15) is 0 Å². The van der Waals surface area contributed by atoms with Gasteiger partial charge in [-0.15, -0.1) is 23.5 Å². The van der Waals surface area contributed by atoms with Crippen molar-refractivity contribution in [3.63, 3.8) is 0 Å². The standard InChI is InChI=1S/C7H5F3NO/c8-7(9,10)12-11-6-4-2-1-3-5-6/h1-5H. The SMILES string of the molecule is FC(F)(F)O[N]c1ccccc1. The van der Waals surface area contributed by atoms with Crippen molar-refractivity contribution < 1.29 is 18.0 Å². The van der Waals surface area contributed by atoms with Crippen LogP contribution in [0.1, 0.15) is 0 Å². The Balaban J connectivity index is 2.44. The highest BCUT2D eigenvalue weighted by Crippen LogP contribution is 2.17. The number of hydrogen-bond acceptors (Lipinski definition) is 1. The highest BCUT2D eigenvalue weighted by molar-refractivity contribution is 5.33. The van der Waals surface area contributed by atoms with Gasteiger partial charge in [-0.05, 0) is 12.1 Å². The van der Waals surface area contributed by atoms with Crippen molar-refractivity contribution in [1.82, 2.24) is 5.48 Å². The molecule has 2 nitrogen and oxygen atoms in total. The predicted molar refractivity (Wildman–Crippen MR) is 35.4 cm³/mol. The van der Waals surface area contributed by atoms with E-state index in [0.29, 0.717) is 0 Å². The normalized spacial score (nSPS) is 11.2. The number of rotatable bonds is 2. The lowest BCUT2D eigenvalue weighted by Gasteiger charge is -2.04. The summed E-state index contributed by atoms with van der Waals surface area (Å²) in [5.41, 5.74) is 2.99. The molecule has 0 atom stereocenters. The highest BCUT2D eigenvalue weighted by Gasteiger charge is 2.31. The van der Waals surface area contributed by atoms with E-state index in [1.54, 1.807) is 18.2 Å². The second-order valence-electron chi connectivity index (χ2n) is 1.96. The van der Waals surface area contributed by atoms with E-state index < -0.39 is 6.36 Å². The largest absolute Gasteiger partial charge is 0.545 e. The van der Waals surface area contributed by atoms with E-state index in [9.17, 15) is 13.2 Å². The quantitative estimate of drug-likeness (QED) is 0.634. The first-order valence-corrected chi connectivity index (χ1v) is 3.09. The van der Waals surface area contributed by atoms with E-state index >= 15 is 0 Å². The number of nitrogens with zero attached hydrogens (tertiary/aromatic N) is 1. The Morgan fingerprint density at radius 3 is 2.17 bits per heavy atom. The van der Waals surface area contributed by atoms with Crippen molar-refractivity contribution in [2.75, 3.05) is 0 Å². The fraction of sp³-hybridized carbons (Fsp3) is 0.143. The number of hydrogen-bond donors (Lipinski definition) is 0. The van der Waals surface area contributed by atoms with Crippen LogP contribution in [-0.4, -0.2) is 6.36 Å². The van der Waals surface area contributed by atoms with Crippen molar-refractivity contribution in [3.05, 3.63) is 30.3 Å². The highest BCUT2D eigenvalue weighted by atomic mass is 19.4. The molecule has 0 bridgehead atoms. The lowest BCUT2D eigenvalue weighted by molar-refractivity contribution is -0.345. The van der Waals surface area contributed by atoms with Crippen LogP contribution in [0.2, 0.25) is 0 Å². The molecule has 1 aromatic rings. The Morgan fingerprint density at radius 1 is 1.08 bits per heavy atom. The summed E-state index contributed by atoms with van der Waals surface area (Å²) in [6.45, 7) is 0. The van der Waals surface area contributed by atoms with Crippen molar-refractivity contribution >= 4 is 5.69 Å². The van der Waals surface area contributed by atoms with Crippen LogP contribution in [0.5, 0.6) is 0 Å². The van der Waals surface area contributed by atoms with Crippen LogP contribution >= 0.6 is 0 Å². The summed E-state index contributed by atoms with van der Waals surface area (Å²) in [4.78, 5) is 3.24. The number of benzene rings is 1. The monoisotopic (exact) mass is 176 g/mol. The average molecular weight is 176 g/mol. The molecule has 1 aromatic carbocycles. The van der Waals surface area contributed by atoms with Crippen LogP contribution in [-0.2, 0) is 4.84 Å². The van der Waals surface area contributed by atoms with Crippen molar-refractivity contribution in [3.8, 4) is 0 Å². The first-order valence-electron chi connectivity index (χ1n) is 3.09. The van der Waals surface area contributed by atoms with Crippen LogP contribution in [0.15, 0.2) is 30.3 Å². The molecular weight excluding hydrogens is 171 g/mol. The maximum Gasteiger partial charge on any atom is 0.545 e. The van der Waals surface area contributed by atoms with Gasteiger partial charge in [0.25, 0.3) is 0 Å². The fourth-order valence-electron chi connectivity index (χ4n) is 0.593. The van der Waals surface area contributed by atoms with Gasteiger partial charge in [-0.2, -0.15) is 0 Å². The second-order valence-corrected chi connectivity index (χ2v) is 1.96. The molecule has 0 unspecified atom stereocenters. The number of alkyl halides is 3. The minimum Gasteiger partial charge on any atom is -0.149 e. The van der Waals surface area contributed by atoms with Crippen LogP contribution in [0.25, 0.3) is 0 Å². The zero-order valence-electron chi connectivity index (χ0n) is 5.88. The van der Waals surface area contributed by atoms with E-state index in [0.717, 1.165) is 0 Å². The van der Waals surface area contributed by atoms with E-state index in [4.69, 9.17) is 0 Å². The molecule has 0 heterocycles. The van der Waals surface area contributed by atoms with Crippen LogP contribution in [0, 0.1) is 0 Å². The first-order chi connectivity index (χ1) is 5.58. The molecule has 0 amide bonds. The Hall–Kier alpha value is -1.23. The number of halogens is 3. The van der Waals surface area contributed by atoms with Gasteiger partial charge in [0.15, 0.2) is 0 Å². The fourth-order valence-corrected chi connectivity index (χ4v) is 0.593. The van der Waals surface area contributed by atoms with Crippen molar-refractivity contribution in [2.45, 2.75) is 6.36 Å². The maximum absolute atomic E-state index is 11.4. The molecule has 0 fully saturated rings. The molecule has 1 rings (SSSR count). The summed E-state index contributed by atoms with van der Waals surface area (Å²) in [6, 6.07) is 7.63. The summed E-state index contributed by atoms with van der Waals surface area (Å²) >= 11 is 0. The molecule has 0 aliphatic heterocycles. The average Bonchev–Trinajstić information content (AvgIpc) is 2.02. The second kappa shape index (κ2) is 3.44. The molecule has 0 saturated heterocycles. The summed E-state index contributed by atoms with van der Waals surface area (Å²) in [5, 5.41) is 0. The van der Waals surface area contributed by atoms with Gasteiger partial charge in [-0.25, -0.2) is 0 Å². The molecule has 0 saturated carbocycles. The van der Waals surface area contributed by atoms with Gasteiger partial charge < -0.3 is 0 Å². The maximum atomic E-state index is 11.4. The van der Waals surface area contributed by atoms with E-state index in [1.807, 2.05) is 0 Å². The Morgan fingerprint density at radius 2 is 1.67 bits per heavy atom. The summed E-state index contributed by atoms with van der Waals surface area (Å²) in [7, 11) is 0. The minimum absolute atomic E-state index is 0.134. The molecule has 0 spiro atoms. The van der Waals surface area contributed by atoms with Gasteiger partial charge in [0, 0.05) is 0 Å². The Labute approximate surface area is 66.9 Å². The van der Waals surface area contributed by atoms with Crippen LogP contribution in [0.4, 0.5) is 18.9 Å². The summed E-state index contributed by atoms with van der Waals surface area (Å²) in [6.07, 6.45) is -4.71. The topological polar surface area (TPSA) is 23.3 Å². The molecule has 0 aromatic heterocycles. The van der Waals surface area contributed by atoms with Crippen molar-refractivity contribution in [1.29, 1.82) is 0 Å². The third kappa shape index (κ3) is 3.25. The third-order valence-corrected chi connectivity index (χ3v) is 1.01. The van der Waals surface area contributed by atoms with E-state index in [2.05, 4.69) is 10.3 Å². The van der Waals surface area contributed by atoms with Gasteiger partial charge in [0.2, 0.25) is 0 Å². The molecule has 5 heteroatoms. The van der Waals surface area contributed by atoms with Gasteiger partial charge in [-0.1, -0.05) is 18.2 Å². The smallest absolute Gasteiger partial charge is 0.149 e. The lowest BCUT2D eigenvalue weighted by Crippen LogP contribution is -2.17. The van der Waals surface area contributed by atoms with Gasteiger partial charge >= 0.3 is 6.36 Å². The molecule has 0 aliphatic rings. The minimum atomic E-state index is -4.71. The molecule has 65 valence electrons. The Kier molecular flexibility index (Phi) is 2.54. The van der Waals surface area contributed by atoms with Gasteiger partial charge in [-0.3, -0.25) is 0 Å². The van der Waals surface area contributed by atoms with Crippen LogP contribution < -0.4 is 5.48 Å². The van der Waals surface area contributed by atoms with Crippen LogP contribution in [0.3, 0.4) is 0 Å². The molecule has 1 radical (unpaired) electrons. The first kappa shape index (κ1) is 8.86. The molecule has 0 N–H and O–H groups in total.